The second-order valence-corrected chi connectivity index (χ2v) is 36.9. The molecule has 24 rings (SSSR count). The number of nitrogens with zero attached hydrogens (tertiary/aromatic N) is 8. The first kappa shape index (κ1) is 85.8. The van der Waals surface area contributed by atoms with Gasteiger partial charge in [0.25, 0.3) is 0 Å². The van der Waals surface area contributed by atoms with E-state index in [2.05, 4.69) is 185 Å². The fourth-order valence-corrected chi connectivity index (χ4v) is 20.0. The summed E-state index contributed by atoms with van der Waals surface area (Å²) >= 11 is 1.78. The Hall–Kier alpha value is -15.9. The van der Waals surface area contributed by atoms with Gasteiger partial charge in [0.15, 0.2) is 59.6 Å². The molecule has 20 nitrogen and oxygen atoms in total. The van der Waals surface area contributed by atoms with E-state index >= 15 is 0 Å². The molecule has 0 aliphatic carbocycles. The van der Waals surface area contributed by atoms with Crippen LogP contribution in [0.25, 0.3) is 0 Å². The van der Waals surface area contributed by atoms with E-state index in [9.17, 15) is 13.2 Å². The lowest BCUT2D eigenvalue weighted by Crippen LogP contribution is -2.32. The summed E-state index contributed by atoms with van der Waals surface area (Å²) in [4.78, 5) is 33.7. The van der Waals surface area contributed by atoms with Crippen molar-refractivity contribution in [2.45, 2.75) is 71.9 Å². The summed E-state index contributed by atoms with van der Waals surface area (Å²) in [7, 11) is -3.72. The zero-order valence-corrected chi connectivity index (χ0v) is 75.7. The molecular weight excluding hydrogens is 1730 g/mol. The van der Waals surface area contributed by atoms with E-state index < -0.39 is 9.84 Å². The summed E-state index contributed by atoms with van der Waals surface area (Å²) < 4.78 is 81.1. The number of carbonyl (C=O) groups excluding carboxylic acids is 1. The van der Waals surface area contributed by atoms with Crippen molar-refractivity contribution in [3.8, 4) is 57.5 Å². The van der Waals surface area contributed by atoms with E-state index in [4.69, 9.17) is 42.6 Å². The van der Waals surface area contributed by atoms with Crippen molar-refractivity contribution >= 4 is 72.9 Å². The molecule has 0 bridgehead atoms. The smallest absolute Gasteiger partial charge is 0.206 e. The van der Waals surface area contributed by atoms with E-state index in [0.29, 0.717) is 103 Å². The van der Waals surface area contributed by atoms with Gasteiger partial charge in [-0.2, -0.15) is 0 Å². The minimum Gasteiger partial charge on any atom is -0.473 e. The van der Waals surface area contributed by atoms with Crippen LogP contribution in [0.1, 0.15) is 60.4 Å². The Bertz CT molecular complexity index is 6410. The molecule has 0 radical (unpaired) electrons. The summed E-state index contributed by atoms with van der Waals surface area (Å²) in [6, 6.07) is 128. The number of para-hydroxylation sites is 8. The first-order valence-corrected chi connectivity index (χ1v) is 47.4. The van der Waals surface area contributed by atoms with E-state index in [0.717, 1.165) is 140 Å². The third kappa shape index (κ3) is 19.7. The van der Waals surface area contributed by atoms with Crippen LogP contribution in [-0.2, 0) is 62.2 Å². The van der Waals surface area contributed by atoms with Crippen LogP contribution in [-0.4, -0.2) is 68.0 Å². The van der Waals surface area contributed by atoms with Gasteiger partial charge in [0.1, 0.15) is 57.5 Å². The second kappa shape index (κ2) is 39.3. The predicted molar refractivity (Wildman–Crippen MR) is 530 cm³/mol. The number of ketones is 1. The van der Waals surface area contributed by atoms with Gasteiger partial charge in [0.05, 0.1) is 9.79 Å². The molecule has 8 aliphatic rings. The molecule has 16 aromatic carbocycles. The Morgan fingerprint density at radius 3 is 0.667 bits per heavy atom. The molecule has 22 heteroatoms. The third-order valence-electron chi connectivity index (χ3n) is 24.8. The highest BCUT2D eigenvalue weighted by Gasteiger charge is 2.31. The molecule has 0 amide bonds. The Balaban J connectivity index is 0.000000108. The van der Waals surface area contributed by atoms with E-state index in [1.807, 2.05) is 206 Å². The normalized spacial score (nSPS) is 14.7. The van der Waals surface area contributed by atoms with E-state index in [-0.39, 0.29) is 15.6 Å². The number of fused-ring (bicyclic) bond motifs is 8. The van der Waals surface area contributed by atoms with Crippen LogP contribution in [0.2, 0.25) is 0 Å². The quantitative estimate of drug-likeness (QED) is 0.0840. The lowest BCUT2D eigenvalue weighted by Gasteiger charge is -2.31. The van der Waals surface area contributed by atoms with Crippen molar-refractivity contribution in [2.24, 2.45) is 0 Å². The molecule has 0 fully saturated rings. The van der Waals surface area contributed by atoms with Gasteiger partial charge in [-0.05, 0) is 243 Å². The fourth-order valence-electron chi connectivity index (χ4n) is 17.7. The van der Waals surface area contributed by atoms with Crippen molar-refractivity contribution in [2.75, 3.05) is 93.0 Å². The third-order valence-corrected chi connectivity index (χ3v) is 27.5. The predicted octanol–water partition coefficient (Wildman–Crippen LogP) is 23.6. The minimum absolute atomic E-state index is 0.000677. The van der Waals surface area contributed by atoms with Gasteiger partial charge in [-0.15, -0.1) is 0 Å². The maximum absolute atomic E-state index is 13.6. The maximum atomic E-state index is 13.6. The molecule has 135 heavy (non-hydrogen) atoms. The van der Waals surface area contributed by atoms with Crippen molar-refractivity contribution in [3.05, 3.63) is 444 Å². The van der Waals surface area contributed by atoms with Crippen LogP contribution in [0.15, 0.2) is 408 Å². The van der Waals surface area contributed by atoms with Gasteiger partial charge in [-0.25, -0.2) is 8.42 Å². The highest BCUT2D eigenvalue weighted by Crippen LogP contribution is 2.43. The van der Waals surface area contributed by atoms with Crippen LogP contribution in [0.5, 0.6) is 57.5 Å². The number of hydrogen-bond donors (Lipinski definition) is 0. The maximum Gasteiger partial charge on any atom is 0.206 e. The van der Waals surface area contributed by atoms with Gasteiger partial charge >= 0.3 is 0 Å². The summed E-state index contributed by atoms with van der Waals surface area (Å²) in [5.41, 5.74) is 18.6. The largest absolute Gasteiger partial charge is 0.473 e. The molecule has 0 saturated heterocycles. The van der Waals surface area contributed by atoms with Gasteiger partial charge in [-0.3, -0.25) is 4.79 Å². The van der Waals surface area contributed by atoms with Crippen LogP contribution in [0.4, 0.5) is 45.5 Å². The Labute approximate surface area is 789 Å². The molecule has 0 unspecified atom stereocenters. The van der Waals surface area contributed by atoms with Crippen molar-refractivity contribution in [3.63, 3.8) is 0 Å². The Morgan fingerprint density at radius 1 is 0.222 bits per heavy atom. The standard InChI is InChI=1S/C29H24N2O3.C28H24N2O4S.C28H24N2O3.C28H24N2O2S/c32-29(21-11-13-27-23(15-21)17-30(19-33-27)25-7-3-1-4-8-25)22-12-14-28-24(16-22)18-31(20-34-28)26-9-5-2-6-10-26;31-35(32,25-11-13-27-21(15-25)17-29(19-33-27)23-7-3-1-4-8-23)26-12-14-28-22(16-26)18-30(20-34-28)24-9-5-2-6-10-24;2*1-3-7-23(8-4-1)29-17-21-15-25(11-13-27(21)31-19-29)33-26-12-14-28-22(16-26)18-30(20-32-28)24-9-5-2-6-10-24/h1-16H,17-20H2;1-16H,17-20H2;2*1-16H,17-20H2. The SMILES string of the molecule is O=C(c1ccc2c(c1)CN(c1ccccc1)CO2)c1ccc2c(c1)CN(c1ccccc1)CO2.O=S(=O)(c1ccc2c(c1)CN(c1ccccc1)CO2)c1ccc2c(c1)CN(c1ccccc1)CO2.c1ccc(N2COc3ccc(Oc4ccc5c(c4)CN(c4ccccc4)CO5)cc3C2)cc1.c1ccc(N2COc3ccc(Sc4ccc5c(c4)CN(c4ccccc4)CO5)cc3C2)cc1. The summed E-state index contributed by atoms with van der Waals surface area (Å²) in [5, 5.41) is 0. The first-order chi connectivity index (χ1) is 66.4. The van der Waals surface area contributed by atoms with Gasteiger partial charge in [0, 0.05) is 163 Å². The average Bonchev–Trinajstić information content (AvgIpc) is 0.744. The molecule has 0 N–H and O–H groups in total. The minimum atomic E-state index is -3.72. The van der Waals surface area contributed by atoms with Gasteiger partial charge < -0.3 is 81.8 Å². The molecule has 672 valence electrons. The van der Waals surface area contributed by atoms with E-state index in [1.165, 1.54) is 32.3 Å². The molecule has 8 heterocycles. The van der Waals surface area contributed by atoms with Crippen LogP contribution in [0.3, 0.4) is 0 Å². The van der Waals surface area contributed by atoms with Gasteiger partial charge in [0.2, 0.25) is 9.84 Å². The fraction of sp³-hybridized carbons (Fsp3) is 0.142. The molecular formula is C113H96N8O12S2. The molecule has 8 aliphatic heterocycles. The highest BCUT2D eigenvalue weighted by atomic mass is 32.2. The Morgan fingerprint density at radius 2 is 0.422 bits per heavy atom. The lowest BCUT2D eigenvalue weighted by molar-refractivity contribution is 0.103. The summed E-state index contributed by atoms with van der Waals surface area (Å²) in [6.07, 6.45) is 0. The number of anilines is 8. The van der Waals surface area contributed by atoms with Crippen LogP contribution < -0.4 is 81.8 Å². The number of carbonyl (C=O) groups is 1. The monoisotopic (exact) mass is 1820 g/mol. The Kier molecular flexibility index (Phi) is 25.0. The van der Waals surface area contributed by atoms with Crippen LogP contribution >= 0.6 is 11.8 Å². The van der Waals surface area contributed by atoms with Gasteiger partial charge in [-0.1, -0.05) is 157 Å². The number of hydrogen-bond acceptors (Lipinski definition) is 21. The summed E-state index contributed by atoms with van der Waals surface area (Å²) in [6.45, 7) is 9.86. The zero-order chi connectivity index (χ0) is 90.8. The van der Waals surface area contributed by atoms with Crippen LogP contribution in [0, 0.1) is 0 Å². The second-order valence-electron chi connectivity index (χ2n) is 33.8. The number of rotatable bonds is 16. The number of sulfone groups is 1. The molecule has 0 saturated carbocycles. The number of ether oxygens (including phenoxy) is 9. The molecule has 0 aromatic heterocycles. The molecule has 0 atom stereocenters. The lowest BCUT2D eigenvalue weighted by atomic mass is 9.98. The van der Waals surface area contributed by atoms with Crippen molar-refractivity contribution in [1.29, 1.82) is 0 Å². The molecule has 16 aromatic rings. The molecule has 0 spiro atoms. The zero-order valence-electron chi connectivity index (χ0n) is 74.1. The summed E-state index contributed by atoms with van der Waals surface area (Å²) in [5.74, 6) is 8.46. The van der Waals surface area contributed by atoms with Crippen molar-refractivity contribution in [1.82, 2.24) is 0 Å². The first-order valence-electron chi connectivity index (χ1n) is 45.1. The number of benzene rings is 16. The topological polar surface area (TPSA) is 160 Å². The van der Waals surface area contributed by atoms with E-state index in [1.54, 1.807) is 48.2 Å². The highest BCUT2D eigenvalue weighted by molar-refractivity contribution is 7.99. The average molecular weight is 1820 g/mol. The van der Waals surface area contributed by atoms with Crippen molar-refractivity contribution < 1.29 is 55.8 Å².